The van der Waals surface area contributed by atoms with E-state index in [1.54, 1.807) is 0 Å². The van der Waals surface area contributed by atoms with Crippen LogP contribution >= 0.6 is 11.8 Å². The van der Waals surface area contributed by atoms with Gasteiger partial charge in [0.2, 0.25) is 5.91 Å². The SMILES string of the molecule is CC1SCCN(CC(=O)NC(=O)NC(C)(C)C)C1C. The number of urea groups is 1. The highest BCUT2D eigenvalue weighted by atomic mass is 32.2. The summed E-state index contributed by atoms with van der Waals surface area (Å²) in [5, 5.41) is 5.61. The van der Waals surface area contributed by atoms with Crippen LogP contribution in [0.2, 0.25) is 0 Å². The molecule has 1 saturated heterocycles. The molecule has 2 atom stereocenters. The second-order valence-corrected chi connectivity index (χ2v) is 7.52. The number of rotatable bonds is 2. The monoisotopic (exact) mass is 287 g/mol. The second kappa shape index (κ2) is 6.61. The summed E-state index contributed by atoms with van der Waals surface area (Å²) < 4.78 is 0. The molecule has 110 valence electrons. The molecule has 0 bridgehead atoms. The van der Waals surface area contributed by atoms with E-state index in [1.807, 2.05) is 32.5 Å². The van der Waals surface area contributed by atoms with Crippen molar-refractivity contribution in [3.05, 3.63) is 0 Å². The molecule has 0 saturated carbocycles. The molecule has 1 aliphatic rings. The summed E-state index contributed by atoms with van der Waals surface area (Å²) in [6.45, 7) is 11.1. The Kier molecular flexibility index (Phi) is 5.67. The van der Waals surface area contributed by atoms with Crippen molar-refractivity contribution in [2.24, 2.45) is 0 Å². The first-order valence-electron chi connectivity index (χ1n) is 6.66. The zero-order valence-corrected chi connectivity index (χ0v) is 13.3. The van der Waals surface area contributed by atoms with Crippen molar-refractivity contribution in [2.75, 3.05) is 18.8 Å². The minimum Gasteiger partial charge on any atom is -0.333 e. The van der Waals surface area contributed by atoms with Gasteiger partial charge in [-0.15, -0.1) is 0 Å². The average Bonchev–Trinajstić information content (AvgIpc) is 2.21. The highest BCUT2D eigenvalue weighted by molar-refractivity contribution is 8.00. The average molecular weight is 287 g/mol. The van der Waals surface area contributed by atoms with Gasteiger partial charge < -0.3 is 5.32 Å². The molecule has 5 nitrogen and oxygen atoms in total. The van der Waals surface area contributed by atoms with Crippen molar-refractivity contribution in [2.45, 2.75) is 51.4 Å². The van der Waals surface area contributed by atoms with Gasteiger partial charge in [-0.1, -0.05) is 6.92 Å². The maximum atomic E-state index is 11.8. The van der Waals surface area contributed by atoms with Crippen LogP contribution in [0, 0.1) is 0 Å². The number of thioether (sulfide) groups is 1. The number of nitrogens with zero attached hydrogens (tertiary/aromatic N) is 1. The van der Waals surface area contributed by atoms with E-state index >= 15 is 0 Å². The van der Waals surface area contributed by atoms with Crippen molar-refractivity contribution < 1.29 is 9.59 Å². The molecule has 1 heterocycles. The fourth-order valence-electron chi connectivity index (χ4n) is 1.94. The lowest BCUT2D eigenvalue weighted by molar-refractivity contribution is -0.121. The molecule has 6 heteroatoms. The van der Waals surface area contributed by atoms with Gasteiger partial charge in [-0.2, -0.15) is 11.8 Å². The van der Waals surface area contributed by atoms with Crippen LogP contribution in [0.4, 0.5) is 4.79 Å². The molecular weight excluding hydrogens is 262 g/mol. The summed E-state index contributed by atoms with van der Waals surface area (Å²) in [5.74, 6) is 0.792. The van der Waals surface area contributed by atoms with E-state index in [0.29, 0.717) is 11.3 Å². The Hall–Kier alpha value is -0.750. The van der Waals surface area contributed by atoms with Crippen molar-refractivity contribution in [1.82, 2.24) is 15.5 Å². The molecule has 3 amide bonds. The molecule has 2 N–H and O–H groups in total. The summed E-state index contributed by atoms with van der Waals surface area (Å²) in [4.78, 5) is 25.6. The lowest BCUT2D eigenvalue weighted by atomic mass is 10.1. The van der Waals surface area contributed by atoms with Crippen LogP contribution in [0.25, 0.3) is 0 Å². The number of hydrogen-bond acceptors (Lipinski definition) is 4. The Morgan fingerprint density at radius 2 is 1.95 bits per heavy atom. The highest BCUT2D eigenvalue weighted by Gasteiger charge is 2.27. The van der Waals surface area contributed by atoms with Crippen LogP contribution < -0.4 is 10.6 Å². The number of amides is 3. The zero-order valence-electron chi connectivity index (χ0n) is 12.4. The topological polar surface area (TPSA) is 61.4 Å². The van der Waals surface area contributed by atoms with Gasteiger partial charge in [0.25, 0.3) is 0 Å². The Balaban J connectivity index is 2.40. The van der Waals surface area contributed by atoms with Gasteiger partial charge in [0.05, 0.1) is 6.54 Å². The van der Waals surface area contributed by atoms with E-state index in [9.17, 15) is 9.59 Å². The number of imide groups is 1. The normalized spacial score (nSPS) is 24.9. The molecule has 0 spiro atoms. The number of hydrogen-bond donors (Lipinski definition) is 2. The lowest BCUT2D eigenvalue weighted by Crippen LogP contribution is -2.53. The predicted molar refractivity (Wildman–Crippen MR) is 79.4 cm³/mol. The van der Waals surface area contributed by atoms with Gasteiger partial charge in [-0.3, -0.25) is 15.0 Å². The molecule has 19 heavy (non-hydrogen) atoms. The molecule has 0 aromatic heterocycles. The Morgan fingerprint density at radius 1 is 1.32 bits per heavy atom. The fourth-order valence-corrected chi connectivity index (χ4v) is 3.10. The van der Waals surface area contributed by atoms with Gasteiger partial charge in [-0.25, -0.2) is 4.79 Å². The molecule has 1 rings (SSSR count). The van der Waals surface area contributed by atoms with Crippen molar-refractivity contribution in [3.8, 4) is 0 Å². The first-order valence-corrected chi connectivity index (χ1v) is 7.71. The van der Waals surface area contributed by atoms with Gasteiger partial charge in [0, 0.05) is 29.1 Å². The van der Waals surface area contributed by atoms with Crippen molar-refractivity contribution >= 4 is 23.7 Å². The molecule has 2 unspecified atom stereocenters. The Labute approximate surface area is 119 Å². The zero-order chi connectivity index (χ0) is 14.6. The predicted octanol–water partition coefficient (Wildman–Crippen LogP) is 1.44. The number of nitrogens with one attached hydrogen (secondary N) is 2. The first kappa shape index (κ1) is 16.3. The van der Waals surface area contributed by atoms with E-state index < -0.39 is 6.03 Å². The third kappa shape index (κ3) is 5.82. The quantitative estimate of drug-likeness (QED) is 0.807. The van der Waals surface area contributed by atoms with Crippen molar-refractivity contribution in [1.29, 1.82) is 0 Å². The highest BCUT2D eigenvalue weighted by Crippen LogP contribution is 2.23. The third-order valence-corrected chi connectivity index (χ3v) is 4.44. The summed E-state index contributed by atoms with van der Waals surface area (Å²) in [6, 6.07) is -0.0697. The van der Waals surface area contributed by atoms with Crippen LogP contribution in [0.15, 0.2) is 0 Å². The Bertz CT molecular complexity index is 341. The van der Waals surface area contributed by atoms with E-state index in [4.69, 9.17) is 0 Å². The van der Waals surface area contributed by atoms with Crippen molar-refractivity contribution in [3.63, 3.8) is 0 Å². The number of carbonyl (C=O) groups excluding carboxylic acids is 2. The summed E-state index contributed by atoms with van der Waals surface area (Å²) >= 11 is 1.93. The largest absolute Gasteiger partial charge is 0.333 e. The summed E-state index contributed by atoms with van der Waals surface area (Å²) in [6.07, 6.45) is 0. The molecular formula is C13H25N3O2S. The van der Waals surface area contributed by atoms with Crippen LogP contribution in [-0.4, -0.2) is 52.5 Å². The van der Waals surface area contributed by atoms with Gasteiger partial charge in [0.15, 0.2) is 0 Å². The molecule has 0 aromatic rings. The summed E-state index contributed by atoms with van der Waals surface area (Å²) in [7, 11) is 0. The third-order valence-electron chi connectivity index (χ3n) is 3.10. The van der Waals surface area contributed by atoms with Gasteiger partial charge in [-0.05, 0) is 27.7 Å². The van der Waals surface area contributed by atoms with Crippen LogP contribution in [0.3, 0.4) is 0 Å². The van der Waals surface area contributed by atoms with Crippen LogP contribution in [-0.2, 0) is 4.79 Å². The lowest BCUT2D eigenvalue weighted by Gasteiger charge is -2.36. The maximum absolute atomic E-state index is 11.8. The van der Waals surface area contributed by atoms with E-state index in [0.717, 1.165) is 12.3 Å². The standard InChI is InChI=1S/C13H25N3O2S/c1-9-10(2)19-7-6-16(9)8-11(17)14-12(18)15-13(3,4)5/h9-10H,6-8H2,1-5H3,(H2,14,15,17,18). The van der Waals surface area contributed by atoms with E-state index in [-0.39, 0.29) is 18.0 Å². The molecule has 0 aromatic carbocycles. The minimum atomic E-state index is -0.426. The Morgan fingerprint density at radius 3 is 2.53 bits per heavy atom. The molecule has 0 radical (unpaired) electrons. The van der Waals surface area contributed by atoms with Gasteiger partial charge >= 0.3 is 6.03 Å². The molecule has 1 fully saturated rings. The first-order chi connectivity index (χ1) is 8.69. The maximum Gasteiger partial charge on any atom is 0.321 e. The van der Waals surface area contributed by atoms with Gasteiger partial charge in [0.1, 0.15) is 0 Å². The fraction of sp³-hybridized carbons (Fsp3) is 0.846. The number of carbonyl (C=O) groups is 2. The van der Waals surface area contributed by atoms with Crippen LogP contribution in [0.5, 0.6) is 0 Å². The second-order valence-electron chi connectivity index (χ2n) is 6.04. The molecule has 0 aliphatic carbocycles. The van der Waals surface area contributed by atoms with Crippen LogP contribution in [0.1, 0.15) is 34.6 Å². The van der Waals surface area contributed by atoms with E-state index in [1.165, 1.54) is 0 Å². The smallest absolute Gasteiger partial charge is 0.321 e. The van der Waals surface area contributed by atoms with E-state index in [2.05, 4.69) is 29.4 Å². The summed E-state index contributed by atoms with van der Waals surface area (Å²) in [5.41, 5.74) is -0.339. The molecule has 1 aliphatic heterocycles. The minimum absolute atomic E-state index is 0.243.